The van der Waals surface area contributed by atoms with Crippen molar-refractivity contribution in [3.05, 3.63) is 0 Å². The van der Waals surface area contributed by atoms with Crippen molar-refractivity contribution in [2.75, 3.05) is 0 Å². The van der Waals surface area contributed by atoms with Crippen molar-refractivity contribution in [2.24, 2.45) is 11.7 Å². The zero-order chi connectivity index (χ0) is 6.85. The summed E-state index contributed by atoms with van der Waals surface area (Å²) in [7, 11) is 0. The van der Waals surface area contributed by atoms with Crippen LogP contribution >= 0.6 is 0 Å². The quantitative estimate of drug-likeness (QED) is 0.573. The van der Waals surface area contributed by atoms with Crippen LogP contribution in [0.4, 0.5) is 4.39 Å². The van der Waals surface area contributed by atoms with Gasteiger partial charge in [0.15, 0.2) is 0 Å². The first kappa shape index (κ1) is 7.00. The van der Waals surface area contributed by atoms with E-state index in [1.165, 1.54) is 0 Å². The van der Waals surface area contributed by atoms with Gasteiger partial charge in [0.05, 0.1) is 0 Å². The highest BCUT2D eigenvalue weighted by molar-refractivity contribution is 4.83. The summed E-state index contributed by atoms with van der Waals surface area (Å²) in [5, 5.41) is 0. The highest BCUT2D eigenvalue weighted by atomic mass is 19.1. The normalized spacial score (nSPS) is 39.0. The predicted octanol–water partition coefficient (Wildman–Crippen LogP) is 1.47. The number of rotatable bonds is 1. The Morgan fingerprint density at radius 1 is 1.56 bits per heavy atom. The van der Waals surface area contributed by atoms with Crippen molar-refractivity contribution >= 4 is 0 Å². The molecular weight excluding hydrogens is 117 g/mol. The van der Waals surface area contributed by atoms with Gasteiger partial charge in [0.2, 0.25) is 0 Å². The molecule has 1 nitrogen and oxygen atoms in total. The Morgan fingerprint density at radius 2 is 2.22 bits per heavy atom. The number of nitrogens with two attached hydrogens (primary N) is 1. The van der Waals surface area contributed by atoms with Gasteiger partial charge in [0.25, 0.3) is 0 Å². The van der Waals surface area contributed by atoms with E-state index in [4.69, 9.17) is 5.73 Å². The van der Waals surface area contributed by atoms with Crippen LogP contribution in [-0.2, 0) is 0 Å². The highest BCUT2D eigenvalue weighted by Crippen LogP contribution is 2.27. The average molecular weight is 131 g/mol. The summed E-state index contributed by atoms with van der Waals surface area (Å²) in [6, 6.07) is 0.130. The largest absolute Gasteiger partial charge is 0.327 e. The Bertz CT molecular complexity index is 92.9. The number of alkyl halides is 1. The first-order valence-electron chi connectivity index (χ1n) is 3.61. The van der Waals surface area contributed by atoms with Crippen LogP contribution in [0.2, 0.25) is 0 Å². The highest BCUT2D eigenvalue weighted by Gasteiger charge is 2.28. The first-order chi connectivity index (χ1) is 4.22. The minimum absolute atomic E-state index is 0.130. The van der Waals surface area contributed by atoms with Gasteiger partial charge in [0, 0.05) is 12.0 Å². The molecule has 0 radical (unpaired) electrons. The molecule has 1 aliphatic rings. The Kier molecular flexibility index (Phi) is 2.06. The predicted molar refractivity (Wildman–Crippen MR) is 35.9 cm³/mol. The third-order valence-corrected chi connectivity index (χ3v) is 2.21. The molecule has 3 unspecified atom stereocenters. The maximum Gasteiger partial charge on any atom is 0.102 e. The molecule has 0 aromatic heterocycles. The lowest BCUT2D eigenvalue weighted by Crippen LogP contribution is -2.29. The molecule has 0 aliphatic heterocycles. The van der Waals surface area contributed by atoms with E-state index < -0.39 is 6.17 Å². The van der Waals surface area contributed by atoms with Gasteiger partial charge in [-0.3, -0.25) is 0 Å². The van der Waals surface area contributed by atoms with Crippen molar-refractivity contribution in [2.45, 2.75) is 38.4 Å². The van der Waals surface area contributed by atoms with Crippen molar-refractivity contribution in [3.63, 3.8) is 0 Å². The third kappa shape index (κ3) is 1.42. The summed E-state index contributed by atoms with van der Waals surface area (Å²) in [6.07, 6.45) is 2.40. The minimum atomic E-state index is -0.706. The summed E-state index contributed by atoms with van der Waals surface area (Å²) < 4.78 is 12.6. The monoisotopic (exact) mass is 131 g/mol. The molecule has 2 N–H and O–H groups in total. The van der Waals surface area contributed by atoms with Crippen molar-refractivity contribution in [1.29, 1.82) is 0 Å². The standard InChI is InChI=1S/C7H14FN/c1-5(8)6-3-2-4-7(6)9/h5-7H,2-4,9H2,1H3. The summed E-state index contributed by atoms with van der Waals surface area (Å²) in [6.45, 7) is 1.61. The third-order valence-electron chi connectivity index (χ3n) is 2.21. The van der Waals surface area contributed by atoms with E-state index in [2.05, 4.69) is 0 Å². The number of halogens is 1. The number of hydrogen-bond acceptors (Lipinski definition) is 1. The van der Waals surface area contributed by atoms with Gasteiger partial charge in [-0.25, -0.2) is 4.39 Å². The molecule has 0 bridgehead atoms. The van der Waals surface area contributed by atoms with E-state index in [-0.39, 0.29) is 12.0 Å². The minimum Gasteiger partial charge on any atom is -0.327 e. The molecule has 1 saturated carbocycles. The Morgan fingerprint density at radius 3 is 2.44 bits per heavy atom. The molecule has 3 atom stereocenters. The molecule has 1 fully saturated rings. The molecule has 1 rings (SSSR count). The fourth-order valence-electron chi connectivity index (χ4n) is 1.59. The lowest BCUT2D eigenvalue weighted by atomic mass is 10.00. The van der Waals surface area contributed by atoms with Crippen molar-refractivity contribution in [1.82, 2.24) is 0 Å². The summed E-state index contributed by atoms with van der Waals surface area (Å²) >= 11 is 0. The molecule has 9 heavy (non-hydrogen) atoms. The van der Waals surface area contributed by atoms with Gasteiger partial charge in [-0.2, -0.15) is 0 Å². The van der Waals surface area contributed by atoms with Crippen LogP contribution in [0, 0.1) is 5.92 Å². The topological polar surface area (TPSA) is 26.0 Å². The van der Waals surface area contributed by atoms with E-state index in [0.717, 1.165) is 19.3 Å². The molecule has 0 amide bonds. The van der Waals surface area contributed by atoms with Crippen molar-refractivity contribution < 1.29 is 4.39 Å². The molecular formula is C7H14FN. The zero-order valence-electron chi connectivity index (χ0n) is 5.81. The second-order valence-corrected chi connectivity index (χ2v) is 2.94. The molecule has 0 heterocycles. The van der Waals surface area contributed by atoms with Crippen LogP contribution < -0.4 is 5.73 Å². The summed E-state index contributed by atoms with van der Waals surface area (Å²) in [5.41, 5.74) is 5.64. The summed E-state index contributed by atoms with van der Waals surface area (Å²) in [5.74, 6) is 0.144. The van der Waals surface area contributed by atoms with Gasteiger partial charge >= 0.3 is 0 Å². The summed E-state index contributed by atoms with van der Waals surface area (Å²) in [4.78, 5) is 0. The molecule has 54 valence electrons. The van der Waals surface area contributed by atoms with Crippen LogP contribution in [0.5, 0.6) is 0 Å². The van der Waals surface area contributed by atoms with Crippen LogP contribution in [0.25, 0.3) is 0 Å². The lowest BCUT2D eigenvalue weighted by Gasteiger charge is -2.15. The molecule has 0 spiro atoms. The van der Waals surface area contributed by atoms with E-state index in [0.29, 0.717) is 0 Å². The lowest BCUT2D eigenvalue weighted by molar-refractivity contribution is 0.236. The molecule has 0 saturated heterocycles. The second kappa shape index (κ2) is 2.65. The van der Waals surface area contributed by atoms with Gasteiger partial charge < -0.3 is 5.73 Å². The average Bonchev–Trinajstić information content (AvgIpc) is 2.13. The van der Waals surface area contributed by atoms with E-state index in [9.17, 15) is 4.39 Å². The maximum atomic E-state index is 12.6. The SMILES string of the molecule is CC(F)C1CCCC1N. The zero-order valence-corrected chi connectivity index (χ0v) is 5.81. The molecule has 0 aromatic rings. The van der Waals surface area contributed by atoms with Crippen LogP contribution in [0.3, 0.4) is 0 Å². The van der Waals surface area contributed by atoms with Crippen LogP contribution in [0.15, 0.2) is 0 Å². The maximum absolute atomic E-state index is 12.6. The molecule has 0 aromatic carbocycles. The van der Waals surface area contributed by atoms with Gasteiger partial charge in [-0.05, 0) is 19.8 Å². The number of hydrogen-bond donors (Lipinski definition) is 1. The van der Waals surface area contributed by atoms with Crippen LogP contribution in [-0.4, -0.2) is 12.2 Å². The van der Waals surface area contributed by atoms with Crippen LogP contribution in [0.1, 0.15) is 26.2 Å². The van der Waals surface area contributed by atoms with Crippen molar-refractivity contribution in [3.8, 4) is 0 Å². The first-order valence-corrected chi connectivity index (χ1v) is 3.61. The Labute approximate surface area is 55.4 Å². The molecule has 1 aliphatic carbocycles. The second-order valence-electron chi connectivity index (χ2n) is 2.94. The van der Waals surface area contributed by atoms with E-state index in [1.807, 2.05) is 0 Å². The Balaban J connectivity index is 2.40. The van der Waals surface area contributed by atoms with Gasteiger partial charge in [0.1, 0.15) is 6.17 Å². The van der Waals surface area contributed by atoms with E-state index in [1.54, 1.807) is 6.92 Å². The van der Waals surface area contributed by atoms with E-state index >= 15 is 0 Å². The van der Waals surface area contributed by atoms with Gasteiger partial charge in [-0.15, -0.1) is 0 Å². The molecule has 2 heteroatoms. The fraction of sp³-hybridized carbons (Fsp3) is 1.00. The van der Waals surface area contributed by atoms with Gasteiger partial charge in [-0.1, -0.05) is 6.42 Å². The fourth-order valence-corrected chi connectivity index (χ4v) is 1.59. The smallest absolute Gasteiger partial charge is 0.102 e. The Hall–Kier alpha value is -0.110.